The van der Waals surface area contributed by atoms with E-state index in [1.165, 1.54) is 0 Å². The van der Waals surface area contributed by atoms with Crippen LogP contribution in [0.15, 0.2) is 17.2 Å². The van der Waals surface area contributed by atoms with Gasteiger partial charge < -0.3 is 19.5 Å². The summed E-state index contributed by atoms with van der Waals surface area (Å²) < 4.78 is 6.76. The van der Waals surface area contributed by atoms with Crippen LogP contribution in [0.4, 0.5) is 5.82 Å². The van der Waals surface area contributed by atoms with Gasteiger partial charge in [0, 0.05) is 52.2 Å². The van der Waals surface area contributed by atoms with Crippen LogP contribution in [0.25, 0.3) is 0 Å². The molecule has 0 saturated heterocycles. The van der Waals surface area contributed by atoms with Gasteiger partial charge in [0.2, 0.25) is 0 Å². The number of aromatic nitrogens is 2. The van der Waals surface area contributed by atoms with Crippen molar-refractivity contribution in [2.45, 2.75) is 18.9 Å². The van der Waals surface area contributed by atoms with Crippen LogP contribution in [0.3, 0.4) is 0 Å². The van der Waals surface area contributed by atoms with Gasteiger partial charge in [0.25, 0.3) is 5.56 Å². The molecule has 0 spiro atoms. The molecule has 0 atom stereocenters. The molecule has 0 bridgehead atoms. The van der Waals surface area contributed by atoms with Crippen molar-refractivity contribution in [3.8, 4) is 0 Å². The zero-order valence-electron chi connectivity index (χ0n) is 11.6. The Kier molecular flexibility index (Phi) is 4.93. The van der Waals surface area contributed by atoms with Crippen molar-refractivity contribution < 1.29 is 4.74 Å². The first-order valence-corrected chi connectivity index (χ1v) is 6.72. The summed E-state index contributed by atoms with van der Waals surface area (Å²) in [6.07, 6.45) is 5.70. The Balaban J connectivity index is 1.90. The summed E-state index contributed by atoms with van der Waals surface area (Å²) in [6, 6.07) is 0.391. The highest BCUT2D eigenvalue weighted by Crippen LogP contribution is 2.33. The van der Waals surface area contributed by atoms with Gasteiger partial charge in [-0.15, -0.1) is 0 Å². The first-order chi connectivity index (χ1) is 9.24. The largest absolute Gasteiger partial charge is 0.383 e. The summed E-state index contributed by atoms with van der Waals surface area (Å²) in [5.74, 6) is 0.531. The van der Waals surface area contributed by atoms with Crippen LogP contribution in [0.2, 0.25) is 0 Å². The highest BCUT2D eigenvalue weighted by Gasteiger charge is 2.25. The monoisotopic (exact) mass is 266 g/mol. The molecule has 0 aliphatic heterocycles. The van der Waals surface area contributed by atoms with E-state index in [0.29, 0.717) is 18.5 Å². The molecule has 1 heterocycles. The molecule has 0 aromatic carbocycles. The minimum Gasteiger partial charge on any atom is -0.383 e. The van der Waals surface area contributed by atoms with Gasteiger partial charge in [0.1, 0.15) is 0 Å². The Hall–Kier alpha value is -1.40. The molecule has 1 saturated carbocycles. The molecule has 0 radical (unpaired) electrons. The highest BCUT2D eigenvalue weighted by molar-refractivity contribution is 5.34. The molecule has 0 unspecified atom stereocenters. The van der Waals surface area contributed by atoms with Crippen LogP contribution in [-0.2, 0) is 4.74 Å². The van der Waals surface area contributed by atoms with Crippen molar-refractivity contribution in [1.82, 2.24) is 14.9 Å². The Bertz CT molecular complexity index is 456. The van der Waals surface area contributed by atoms with E-state index in [9.17, 15) is 4.79 Å². The number of nitrogens with zero attached hydrogens (tertiary/aromatic N) is 3. The van der Waals surface area contributed by atoms with E-state index >= 15 is 0 Å². The van der Waals surface area contributed by atoms with Crippen molar-refractivity contribution in [3.63, 3.8) is 0 Å². The summed E-state index contributed by atoms with van der Waals surface area (Å²) in [5.41, 5.74) is 0.0180. The van der Waals surface area contributed by atoms with Crippen molar-refractivity contribution in [1.29, 1.82) is 0 Å². The molecule has 6 nitrogen and oxygen atoms in total. The van der Waals surface area contributed by atoms with Gasteiger partial charge in [0.15, 0.2) is 5.82 Å². The molecule has 1 aromatic heterocycles. The number of anilines is 1. The van der Waals surface area contributed by atoms with E-state index in [4.69, 9.17) is 4.74 Å². The van der Waals surface area contributed by atoms with Gasteiger partial charge in [-0.1, -0.05) is 0 Å². The Morgan fingerprint density at radius 1 is 1.53 bits per heavy atom. The standard InChI is InChI=1S/C13H22N4O2/c1-16(8-5-14-7-10-19-2)12-13(18)17(9-6-15-12)11-3-4-11/h6,9,11,14H,3-5,7-8,10H2,1-2H3. The van der Waals surface area contributed by atoms with Gasteiger partial charge in [-0.2, -0.15) is 0 Å². The van der Waals surface area contributed by atoms with E-state index in [1.54, 1.807) is 24.1 Å². The lowest BCUT2D eigenvalue weighted by Crippen LogP contribution is -2.35. The van der Waals surface area contributed by atoms with Gasteiger partial charge in [-0.3, -0.25) is 4.79 Å². The first-order valence-electron chi connectivity index (χ1n) is 6.72. The third kappa shape index (κ3) is 3.78. The summed E-state index contributed by atoms with van der Waals surface area (Å²) in [5, 5.41) is 3.25. The number of nitrogens with one attached hydrogen (secondary N) is 1. The highest BCUT2D eigenvalue weighted by atomic mass is 16.5. The molecule has 2 rings (SSSR count). The van der Waals surface area contributed by atoms with E-state index in [-0.39, 0.29) is 5.56 Å². The van der Waals surface area contributed by atoms with Gasteiger partial charge >= 0.3 is 0 Å². The first kappa shape index (κ1) is 14.0. The zero-order valence-corrected chi connectivity index (χ0v) is 11.6. The van der Waals surface area contributed by atoms with Crippen molar-refractivity contribution >= 4 is 5.82 Å². The topological polar surface area (TPSA) is 59.4 Å². The molecule has 1 N–H and O–H groups in total. The molecular weight excluding hydrogens is 244 g/mol. The lowest BCUT2D eigenvalue weighted by Gasteiger charge is -2.18. The zero-order chi connectivity index (χ0) is 13.7. The molecule has 6 heteroatoms. The maximum Gasteiger partial charge on any atom is 0.293 e. The van der Waals surface area contributed by atoms with Crippen LogP contribution in [-0.4, -0.2) is 49.9 Å². The van der Waals surface area contributed by atoms with E-state index in [2.05, 4.69) is 10.3 Å². The molecule has 0 amide bonds. The number of ether oxygens (including phenoxy) is 1. The normalized spacial score (nSPS) is 14.6. The maximum atomic E-state index is 12.2. The number of hydrogen-bond acceptors (Lipinski definition) is 5. The summed E-state index contributed by atoms with van der Waals surface area (Å²) in [4.78, 5) is 18.4. The van der Waals surface area contributed by atoms with E-state index < -0.39 is 0 Å². The molecule has 1 aliphatic carbocycles. The van der Waals surface area contributed by atoms with Crippen LogP contribution < -0.4 is 15.8 Å². The SMILES string of the molecule is COCCNCCN(C)c1nccn(C2CC2)c1=O. The molecule has 106 valence electrons. The second-order valence-electron chi connectivity index (χ2n) is 4.86. The predicted molar refractivity (Wildman–Crippen MR) is 74.8 cm³/mol. The van der Waals surface area contributed by atoms with Gasteiger partial charge in [0.05, 0.1) is 6.61 Å². The average molecular weight is 266 g/mol. The fourth-order valence-electron chi connectivity index (χ4n) is 1.97. The summed E-state index contributed by atoms with van der Waals surface area (Å²) >= 11 is 0. The minimum atomic E-state index is 0.0180. The van der Waals surface area contributed by atoms with Crippen LogP contribution in [0, 0.1) is 0 Å². The Morgan fingerprint density at radius 2 is 2.32 bits per heavy atom. The quantitative estimate of drug-likeness (QED) is 0.684. The number of likely N-dealkylation sites (N-methyl/N-ethyl adjacent to an activating group) is 1. The Labute approximate surface area is 113 Å². The minimum absolute atomic E-state index is 0.0180. The Morgan fingerprint density at radius 3 is 3.00 bits per heavy atom. The second kappa shape index (κ2) is 6.68. The maximum absolute atomic E-state index is 12.2. The number of methoxy groups -OCH3 is 1. The molecule has 19 heavy (non-hydrogen) atoms. The third-order valence-corrected chi connectivity index (χ3v) is 3.26. The smallest absolute Gasteiger partial charge is 0.293 e. The summed E-state index contributed by atoms with van der Waals surface area (Å²) in [6.45, 7) is 3.07. The van der Waals surface area contributed by atoms with Crippen molar-refractivity contribution in [3.05, 3.63) is 22.7 Å². The van der Waals surface area contributed by atoms with E-state index in [0.717, 1.165) is 32.5 Å². The molecular formula is C13H22N4O2. The lowest BCUT2D eigenvalue weighted by molar-refractivity contribution is 0.200. The molecule has 1 fully saturated rings. The average Bonchev–Trinajstić information content (AvgIpc) is 3.23. The molecule has 1 aromatic rings. The fourth-order valence-corrected chi connectivity index (χ4v) is 1.97. The predicted octanol–water partition coefficient (Wildman–Crippen LogP) is 0.250. The van der Waals surface area contributed by atoms with Gasteiger partial charge in [-0.25, -0.2) is 4.98 Å². The van der Waals surface area contributed by atoms with Crippen molar-refractivity contribution in [2.24, 2.45) is 0 Å². The molecule has 1 aliphatic rings. The number of hydrogen-bond donors (Lipinski definition) is 1. The van der Waals surface area contributed by atoms with Crippen LogP contribution >= 0.6 is 0 Å². The van der Waals surface area contributed by atoms with Crippen LogP contribution in [0.5, 0.6) is 0 Å². The lowest BCUT2D eigenvalue weighted by atomic mass is 10.4. The van der Waals surface area contributed by atoms with E-state index in [1.807, 2.05) is 11.9 Å². The fraction of sp³-hybridized carbons (Fsp3) is 0.692. The summed E-state index contributed by atoms with van der Waals surface area (Å²) in [7, 11) is 3.58. The second-order valence-corrected chi connectivity index (χ2v) is 4.86. The van der Waals surface area contributed by atoms with Gasteiger partial charge in [-0.05, 0) is 12.8 Å². The van der Waals surface area contributed by atoms with Crippen molar-refractivity contribution in [2.75, 3.05) is 45.3 Å². The third-order valence-electron chi connectivity index (χ3n) is 3.26. The van der Waals surface area contributed by atoms with Crippen LogP contribution in [0.1, 0.15) is 18.9 Å². The number of rotatable bonds is 8.